The van der Waals surface area contributed by atoms with Gasteiger partial charge in [0.05, 0.1) is 0 Å². The Bertz CT molecular complexity index is 684. The molecule has 2 rings (SSSR count). The van der Waals surface area contributed by atoms with Crippen molar-refractivity contribution in [2.45, 2.75) is 18.1 Å². The Labute approximate surface area is 152 Å². The van der Waals surface area contributed by atoms with Crippen LogP contribution in [0.15, 0.2) is 54.6 Å². The molecule has 2 aromatic carbocycles. The van der Waals surface area contributed by atoms with Gasteiger partial charge < -0.3 is 10.0 Å². The number of thioether (sulfide) groups is 1. The van der Waals surface area contributed by atoms with Crippen LogP contribution in [0.4, 0.5) is 0 Å². The van der Waals surface area contributed by atoms with E-state index in [-0.39, 0.29) is 0 Å². The molecule has 5 heteroatoms. The van der Waals surface area contributed by atoms with Gasteiger partial charge in [-0.15, -0.1) is 0 Å². The molecule has 0 saturated heterocycles. The molecule has 2 aromatic rings. The van der Waals surface area contributed by atoms with Crippen molar-refractivity contribution >= 4 is 34.3 Å². The summed E-state index contributed by atoms with van der Waals surface area (Å²) in [5, 5.41) is 8.86. The Morgan fingerprint density at radius 1 is 1.08 bits per heavy atom. The number of hydrogen-bond donors (Lipinski definition) is 1. The van der Waals surface area contributed by atoms with E-state index in [2.05, 4.69) is 36.4 Å². The molecular weight excluding hydrogens is 338 g/mol. The second-order valence-electron chi connectivity index (χ2n) is 5.71. The summed E-state index contributed by atoms with van der Waals surface area (Å²) in [6.07, 6.45) is 1.27. The zero-order valence-corrected chi connectivity index (χ0v) is 15.4. The van der Waals surface area contributed by atoms with Crippen molar-refractivity contribution in [2.24, 2.45) is 0 Å². The summed E-state index contributed by atoms with van der Waals surface area (Å²) in [6.45, 7) is 0. The molecule has 0 radical (unpaired) electrons. The van der Waals surface area contributed by atoms with Crippen molar-refractivity contribution in [1.29, 1.82) is 0 Å². The first-order chi connectivity index (χ1) is 11.5. The number of hydrogen-bond acceptors (Lipinski definition) is 3. The van der Waals surface area contributed by atoms with Gasteiger partial charge in [-0.2, -0.15) is 0 Å². The largest absolute Gasteiger partial charge is 0.480 e. The third-order valence-corrected chi connectivity index (χ3v) is 5.58. The van der Waals surface area contributed by atoms with Crippen LogP contribution in [0.1, 0.15) is 12.0 Å². The molecule has 1 N–H and O–H groups in total. The van der Waals surface area contributed by atoms with E-state index in [1.807, 2.05) is 32.3 Å². The molecule has 3 nitrogen and oxygen atoms in total. The number of carboxylic acids is 1. The average Bonchev–Trinajstić information content (AvgIpc) is 2.59. The van der Waals surface area contributed by atoms with Gasteiger partial charge in [0, 0.05) is 14.1 Å². The van der Waals surface area contributed by atoms with Gasteiger partial charge in [-0.3, -0.25) is 4.79 Å². The summed E-state index contributed by atoms with van der Waals surface area (Å²) in [4.78, 5) is 13.2. The van der Waals surface area contributed by atoms with Gasteiger partial charge >= 0.3 is 5.97 Å². The molecule has 126 valence electrons. The number of rotatable bonds is 6. The van der Waals surface area contributed by atoms with Crippen molar-refractivity contribution in [1.82, 2.24) is 4.90 Å². The highest BCUT2D eigenvalue weighted by Gasteiger charge is 2.20. The number of nitrogens with zero attached hydrogens (tertiary/aromatic N) is 1. The highest BCUT2D eigenvalue weighted by molar-refractivity contribution is 8.23. The lowest BCUT2D eigenvalue weighted by Crippen LogP contribution is -2.24. The number of aryl methyl sites for hydroxylation is 1. The highest BCUT2D eigenvalue weighted by Crippen LogP contribution is 2.23. The maximum Gasteiger partial charge on any atom is 0.317 e. The van der Waals surface area contributed by atoms with Crippen LogP contribution < -0.4 is 0 Å². The zero-order chi connectivity index (χ0) is 17.5. The second-order valence-corrected chi connectivity index (χ2v) is 7.54. The lowest BCUT2D eigenvalue weighted by Gasteiger charge is -2.17. The number of thiocarbonyl (C=S) groups is 1. The zero-order valence-electron chi connectivity index (χ0n) is 13.8. The van der Waals surface area contributed by atoms with Gasteiger partial charge in [-0.1, -0.05) is 78.6 Å². The Kier molecular flexibility index (Phi) is 6.82. The van der Waals surface area contributed by atoms with Crippen LogP contribution in [0.3, 0.4) is 0 Å². The van der Waals surface area contributed by atoms with Crippen LogP contribution in [0.2, 0.25) is 0 Å². The Balaban J connectivity index is 1.97. The minimum Gasteiger partial charge on any atom is -0.480 e. The standard InChI is InChI=1S/C19H21NO2S2/c1-20(2)19(23)24-17(18(21)22)13-10-14-8-11-16(12-9-14)15-6-4-3-5-7-15/h3-9,11-12,17H,10,13H2,1-2H3,(H,21,22). The molecule has 0 aliphatic heterocycles. The summed E-state index contributed by atoms with van der Waals surface area (Å²) in [6, 6.07) is 18.5. The molecule has 24 heavy (non-hydrogen) atoms. The first kappa shape index (κ1) is 18.5. The summed E-state index contributed by atoms with van der Waals surface area (Å²) in [5.74, 6) is -0.815. The fourth-order valence-electron chi connectivity index (χ4n) is 2.25. The SMILES string of the molecule is CN(C)C(=S)SC(CCc1ccc(-c2ccccc2)cc1)C(=O)O. The van der Waals surface area contributed by atoms with E-state index in [1.165, 1.54) is 17.3 Å². The first-order valence-electron chi connectivity index (χ1n) is 7.72. The van der Waals surface area contributed by atoms with E-state index >= 15 is 0 Å². The normalized spacial score (nSPS) is 11.8. The fraction of sp³-hybridized carbons (Fsp3) is 0.263. The monoisotopic (exact) mass is 359 g/mol. The molecule has 0 saturated carbocycles. The van der Waals surface area contributed by atoms with Gasteiger partial charge in [0.2, 0.25) is 0 Å². The molecule has 0 aliphatic rings. The highest BCUT2D eigenvalue weighted by atomic mass is 32.2. The quantitative estimate of drug-likeness (QED) is 0.778. The van der Waals surface area contributed by atoms with Gasteiger partial charge in [0.1, 0.15) is 9.57 Å². The molecule has 0 bridgehead atoms. The minimum atomic E-state index is -0.815. The minimum absolute atomic E-state index is 0.520. The van der Waals surface area contributed by atoms with E-state index in [0.29, 0.717) is 10.7 Å². The summed E-state index contributed by atoms with van der Waals surface area (Å²) in [5.41, 5.74) is 3.48. The lowest BCUT2D eigenvalue weighted by atomic mass is 10.0. The Hall–Kier alpha value is -1.85. The van der Waals surface area contributed by atoms with Crippen molar-refractivity contribution in [3.63, 3.8) is 0 Å². The Morgan fingerprint density at radius 2 is 1.67 bits per heavy atom. The first-order valence-corrected chi connectivity index (χ1v) is 9.01. The maximum atomic E-state index is 11.4. The molecule has 1 atom stereocenters. The molecule has 0 spiro atoms. The van der Waals surface area contributed by atoms with Crippen LogP contribution in [-0.4, -0.2) is 39.6 Å². The van der Waals surface area contributed by atoms with Crippen molar-refractivity contribution in [3.8, 4) is 11.1 Å². The lowest BCUT2D eigenvalue weighted by molar-refractivity contribution is -0.136. The fourth-order valence-corrected chi connectivity index (χ4v) is 3.39. The topological polar surface area (TPSA) is 40.5 Å². The van der Waals surface area contributed by atoms with Gasteiger partial charge in [-0.25, -0.2) is 0 Å². The van der Waals surface area contributed by atoms with E-state index in [0.717, 1.165) is 17.5 Å². The summed E-state index contributed by atoms with van der Waals surface area (Å²) in [7, 11) is 3.66. The predicted octanol–water partition coefficient (Wildman–Crippen LogP) is 4.32. The van der Waals surface area contributed by atoms with Gasteiger partial charge in [0.15, 0.2) is 0 Å². The molecule has 0 fully saturated rings. The van der Waals surface area contributed by atoms with Crippen LogP contribution in [0, 0.1) is 0 Å². The van der Waals surface area contributed by atoms with Crippen molar-refractivity contribution in [3.05, 3.63) is 60.2 Å². The molecule has 0 amide bonds. The number of carbonyl (C=O) groups is 1. The maximum absolute atomic E-state index is 11.4. The molecule has 0 heterocycles. The van der Waals surface area contributed by atoms with E-state index in [1.54, 1.807) is 4.90 Å². The van der Waals surface area contributed by atoms with Crippen LogP contribution >= 0.6 is 24.0 Å². The molecule has 0 aromatic heterocycles. The third-order valence-electron chi connectivity index (χ3n) is 3.64. The van der Waals surface area contributed by atoms with Crippen molar-refractivity contribution < 1.29 is 9.90 Å². The molecule has 0 aliphatic carbocycles. The summed E-state index contributed by atoms with van der Waals surface area (Å²) >= 11 is 6.44. The second kappa shape index (κ2) is 8.85. The van der Waals surface area contributed by atoms with E-state index < -0.39 is 11.2 Å². The van der Waals surface area contributed by atoms with E-state index in [9.17, 15) is 9.90 Å². The van der Waals surface area contributed by atoms with Crippen LogP contribution in [0.25, 0.3) is 11.1 Å². The van der Waals surface area contributed by atoms with Gasteiger partial charge in [-0.05, 0) is 29.5 Å². The Morgan fingerprint density at radius 3 is 2.21 bits per heavy atom. The average molecular weight is 360 g/mol. The summed E-state index contributed by atoms with van der Waals surface area (Å²) < 4.78 is 0.599. The smallest absolute Gasteiger partial charge is 0.317 e. The van der Waals surface area contributed by atoms with Crippen LogP contribution in [0.5, 0.6) is 0 Å². The predicted molar refractivity (Wildman–Crippen MR) is 105 cm³/mol. The molecular formula is C19H21NO2S2. The van der Waals surface area contributed by atoms with Gasteiger partial charge in [0.25, 0.3) is 0 Å². The number of aliphatic carboxylic acids is 1. The van der Waals surface area contributed by atoms with Crippen LogP contribution in [-0.2, 0) is 11.2 Å². The third kappa shape index (κ3) is 5.35. The van der Waals surface area contributed by atoms with Crippen molar-refractivity contribution in [2.75, 3.05) is 14.1 Å². The number of benzene rings is 2. The van der Waals surface area contributed by atoms with E-state index in [4.69, 9.17) is 12.2 Å². The number of carboxylic acid groups (broad SMARTS) is 1. The molecule has 1 unspecified atom stereocenters.